The summed E-state index contributed by atoms with van der Waals surface area (Å²) in [6.07, 6.45) is 5.53. The molecular formula is C14H22O. The summed E-state index contributed by atoms with van der Waals surface area (Å²) in [5.74, 6) is 0.934. The van der Waals surface area contributed by atoms with Crippen LogP contribution < -0.4 is 0 Å². The molecule has 0 aliphatic heterocycles. The third kappa shape index (κ3) is 2.58. The molecule has 0 unspecified atom stereocenters. The minimum absolute atomic E-state index is 0.241. The number of aldehydes is 1. The fourth-order valence-electron chi connectivity index (χ4n) is 2.41. The maximum atomic E-state index is 11.1. The zero-order valence-corrected chi connectivity index (χ0v) is 10.3. The van der Waals surface area contributed by atoms with Crippen LogP contribution in [0.5, 0.6) is 0 Å². The Hall–Kier alpha value is -0.850. The van der Waals surface area contributed by atoms with Crippen LogP contribution in [0.2, 0.25) is 0 Å². The van der Waals surface area contributed by atoms with Gasteiger partial charge >= 0.3 is 0 Å². The van der Waals surface area contributed by atoms with Gasteiger partial charge < -0.3 is 4.79 Å². The second-order valence-electron chi connectivity index (χ2n) is 5.45. The van der Waals surface area contributed by atoms with Gasteiger partial charge in [0.05, 0.1) is 0 Å². The summed E-state index contributed by atoms with van der Waals surface area (Å²) < 4.78 is 0. The van der Waals surface area contributed by atoms with Gasteiger partial charge in [0.1, 0.15) is 6.29 Å². The van der Waals surface area contributed by atoms with E-state index in [1.807, 2.05) is 13.8 Å². The second-order valence-corrected chi connectivity index (χ2v) is 5.45. The summed E-state index contributed by atoms with van der Waals surface area (Å²) in [7, 11) is 0. The Balaban J connectivity index is 2.90. The summed E-state index contributed by atoms with van der Waals surface area (Å²) in [5, 5.41) is 0. The van der Waals surface area contributed by atoms with Crippen LogP contribution >= 0.6 is 0 Å². The Morgan fingerprint density at radius 3 is 2.67 bits per heavy atom. The van der Waals surface area contributed by atoms with Gasteiger partial charge in [-0.05, 0) is 38.5 Å². The predicted octanol–water partition coefficient (Wildman–Crippen LogP) is 3.76. The number of carbonyl (C=O) groups excluding carboxylic acids is 1. The lowest BCUT2D eigenvalue weighted by molar-refractivity contribution is -0.116. The van der Waals surface area contributed by atoms with Crippen molar-refractivity contribution in [3.05, 3.63) is 23.8 Å². The fourth-order valence-corrected chi connectivity index (χ4v) is 2.41. The van der Waals surface area contributed by atoms with Crippen LogP contribution in [-0.2, 0) is 4.79 Å². The first-order valence-electron chi connectivity index (χ1n) is 5.67. The van der Waals surface area contributed by atoms with Gasteiger partial charge in [0.2, 0.25) is 0 Å². The normalized spacial score (nSPS) is 27.1. The summed E-state index contributed by atoms with van der Waals surface area (Å²) in [5.41, 5.74) is 2.37. The highest BCUT2D eigenvalue weighted by Crippen LogP contribution is 2.41. The first-order chi connectivity index (χ1) is 6.88. The van der Waals surface area contributed by atoms with Crippen LogP contribution in [0.25, 0.3) is 0 Å². The monoisotopic (exact) mass is 206 g/mol. The molecule has 0 saturated carbocycles. The smallest absolute Gasteiger partial charge is 0.126 e. The summed E-state index contributed by atoms with van der Waals surface area (Å²) in [6.45, 7) is 12.3. The van der Waals surface area contributed by atoms with E-state index in [1.54, 1.807) is 0 Å². The van der Waals surface area contributed by atoms with Crippen molar-refractivity contribution in [2.45, 2.75) is 40.5 Å². The van der Waals surface area contributed by atoms with Crippen LogP contribution in [0.3, 0.4) is 0 Å². The van der Waals surface area contributed by atoms with Crippen LogP contribution in [0.15, 0.2) is 23.8 Å². The topological polar surface area (TPSA) is 17.1 Å². The van der Waals surface area contributed by atoms with Crippen molar-refractivity contribution >= 4 is 6.29 Å². The maximum absolute atomic E-state index is 11.1. The molecule has 2 atom stereocenters. The van der Waals surface area contributed by atoms with E-state index in [-0.39, 0.29) is 5.41 Å². The summed E-state index contributed by atoms with van der Waals surface area (Å²) in [4.78, 5) is 11.1. The van der Waals surface area contributed by atoms with Gasteiger partial charge in [-0.25, -0.2) is 0 Å². The Morgan fingerprint density at radius 2 is 2.20 bits per heavy atom. The Labute approximate surface area is 93.3 Å². The second kappa shape index (κ2) is 4.34. The minimum atomic E-state index is -0.241. The highest BCUT2D eigenvalue weighted by molar-refractivity contribution is 5.59. The van der Waals surface area contributed by atoms with E-state index in [4.69, 9.17) is 0 Å². The molecule has 15 heavy (non-hydrogen) atoms. The Bertz CT molecular complexity index is 296. The van der Waals surface area contributed by atoms with Gasteiger partial charge in [-0.1, -0.05) is 37.6 Å². The van der Waals surface area contributed by atoms with Crippen LogP contribution in [-0.4, -0.2) is 6.29 Å². The van der Waals surface area contributed by atoms with Crippen molar-refractivity contribution in [2.24, 2.45) is 17.3 Å². The average Bonchev–Trinajstić information content (AvgIpc) is 2.17. The molecule has 0 saturated heterocycles. The van der Waals surface area contributed by atoms with E-state index in [2.05, 4.69) is 26.5 Å². The maximum Gasteiger partial charge on any atom is 0.126 e. The summed E-state index contributed by atoms with van der Waals surface area (Å²) in [6, 6.07) is 0. The Morgan fingerprint density at radius 1 is 1.60 bits per heavy atom. The molecule has 0 bridgehead atoms. The van der Waals surface area contributed by atoms with E-state index < -0.39 is 0 Å². The number of allylic oxidation sites excluding steroid dienone is 3. The zero-order valence-electron chi connectivity index (χ0n) is 10.3. The molecule has 0 N–H and O–H groups in total. The van der Waals surface area contributed by atoms with Gasteiger partial charge in [0.15, 0.2) is 0 Å². The molecule has 1 heteroatoms. The molecule has 1 aliphatic carbocycles. The Kier molecular flexibility index (Phi) is 3.54. The molecule has 0 radical (unpaired) electrons. The lowest BCUT2D eigenvalue weighted by atomic mass is 9.67. The number of carbonyl (C=O) groups is 1. The molecule has 0 aromatic carbocycles. The van der Waals surface area contributed by atoms with Crippen molar-refractivity contribution in [1.29, 1.82) is 0 Å². The van der Waals surface area contributed by atoms with Gasteiger partial charge in [-0.2, -0.15) is 0 Å². The summed E-state index contributed by atoms with van der Waals surface area (Å²) >= 11 is 0. The molecule has 0 aromatic rings. The van der Waals surface area contributed by atoms with Gasteiger partial charge in [0.25, 0.3) is 0 Å². The molecule has 0 heterocycles. The first-order valence-corrected chi connectivity index (χ1v) is 5.67. The molecule has 1 rings (SSSR count). The molecule has 0 spiro atoms. The van der Waals surface area contributed by atoms with Crippen molar-refractivity contribution in [2.75, 3.05) is 0 Å². The molecule has 0 fully saturated rings. The number of rotatable bonds is 3. The fraction of sp³-hybridized carbons (Fsp3) is 0.643. The largest absolute Gasteiger partial charge is 0.303 e. The highest BCUT2D eigenvalue weighted by Gasteiger charge is 2.34. The van der Waals surface area contributed by atoms with Crippen LogP contribution in [0.1, 0.15) is 40.5 Å². The molecule has 0 amide bonds. The third-order valence-electron chi connectivity index (χ3n) is 3.69. The van der Waals surface area contributed by atoms with E-state index in [0.717, 1.165) is 19.1 Å². The van der Waals surface area contributed by atoms with Crippen molar-refractivity contribution in [3.63, 3.8) is 0 Å². The first kappa shape index (κ1) is 12.2. The van der Waals surface area contributed by atoms with E-state index in [1.165, 1.54) is 11.1 Å². The third-order valence-corrected chi connectivity index (χ3v) is 3.69. The SMILES string of the molecule is C=C(C)[C@@H]1CC=C(C)[C@H](C(C)(C)C=O)C1. The number of hydrogen-bond donors (Lipinski definition) is 0. The minimum Gasteiger partial charge on any atom is -0.303 e. The van der Waals surface area contributed by atoms with Gasteiger partial charge in [-0.3, -0.25) is 0 Å². The molecule has 0 aromatic heterocycles. The van der Waals surface area contributed by atoms with Crippen molar-refractivity contribution in [3.8, 4) is 0 Å². The molecular weight excluding hydrogens is 184 g/mol. The highest BCUT2D eigenvalue weighted by atomic mass is 16.1. The molecule has 1 aliphatic rings. The molecule has 1 nitrogen and oxygen atoms in total. The van der Waals surface area contributed by atoms with Gasteiger partial charge in [0, 0.05) is 5.41 Å². The standard InChI is InChI=1S/C14H22O/c1-10(2)12-7-6-11(3)13(8-12)14(4,5)9-15/h6,9,12-13H,1,7-8H2,2-5H3/t12-,13-/m1/s1. The van der Waals surface area contributed by atoms with Crippen molar-refractivity contribution in [1.82, 2.24) is 0 Å². The van der Waals surface area contributed by atoms with Crippen molar-refractivity contribution < 1.29 is 4.79 Å². The molecule has 84 valence electrons. The lowest BCUT2D eigenvalue weighted by Gasteiger charge is -2.36. The quantitative estimate of drug-likeness (QED) is 0.507. The average molecular weight is 206 g/mol. The van der Waals surface area contributed by atoms with Crippen LogP contribution in [0, 0.1) is 17.3 Å². The van der Waals surface area contributed by atoms with E-state index in [0.29, 0.717) is 11.8 Å². The van der Waals surface area contributed by atoms with Crippen LogP contribution in [0.4, 0.5) is 0 Å². The number of hydrogen-bond acceptors (Lipinski definition) is 1. The zero-order chi connectivity index (χ0) is 11.6. The van der Waals surface area contributed by atoms with E-state index >= 15 is 0 Å². The van der Waals surface area contributed by atoms with E-state index in [9.17, 15) is 4.79 Å². The predicted molar refractivity (Wildman–Crippen MR) is 64.6 cm³/mol. The van der Waals surface area contributed by atoms with Gasteiger partial charge in [-0.15, -0.1) is 0 Å². The lowest BCUT2D eigenvalue weighted by Crippen LogP contribution is -2.31.